The molecule has 1 saturated heterocycles. The van der Waals surface area contributed by atoms with Crippen LogP contribution in [0.2, 0.25) is 0 Å². The Hall–Kier alpha value is -1.65. The predicted molar refractivity (Wildman–Crippen MR) is 69.7 cm³/mol. The van der Waals surface area contributed by atoms with Crippen molar-refractivity contribution in [1.29, 1.82) is 0 Å². The standard InChI is InChI=1S/C13H20N4O/c1-2-5-12(18)17-9-4-3-6-11(17)10-7-8-15-13(14)16-10/h7-8,11H,2-6,9H2,1H3,(H2,14,15,16)/t11-/m0/s1. The maximum atomic E-state index is 12.1. The van der Waals surface area contributed by atoms with Crippen molar-refractivity contribution in [2.24, 2.45) is 0 Å². The molecule has 0 aromatic carbocycles. The molecule has 1 aliphatic heterocycles. The molecule has 0 spiro atoms. The lowest BCUT2D eigenvalue weighted by Gasteiger charge is -2.35. The summed E-state index contributed by atoms with van der Waals surface area (Å²) in [6.45, 7) is 2.85. The van der Waals surface area contributed by atoms with E-state index in [1.54, 1.807) is 6.20 Å². The Kier molecular flexibility index (Phi) is 4.12. The van der Waals surface area contributed by atoms with Gasteiger partial charge in [0.1, 0.15) is 0 Å². The van der Waals surface area contributed by atoms with Crippen LogP contribution in [0.5, 0.6) is 0 Å². The normalized spacial score (nSPS) is 19.8. The van der Waals surface area contributed by atoms with Crippen LogP contribution in [-0.2, 0) is 4.79 Å². The van der Waals surface area contributed by atoms with Gasteiger partial charge in [0.25, 0.3) is 0 Å². The summed E-state index contributed by atoms with van der Waals surface area (Å²) in [7, 11) is 0. The van der Waals surface area contributed by atoms with E-state index in [4.69, 9.17) is 5.73 Å². The molecule has 0 unspecified atom stereocenters. The number of rotatable bonds is 3. The summed E-state index contributed by atoms with van der Waals surface area (Å²) in [6, 6.07) is 1.93. The highest BCUT2D eigenvalue weighted by Gasteiger charge is 2.28. The lowest BCUT2D eigenvalue weighted by Crippen LogP contribution is -2.38. The number of carbonyl (C=O) groups is 1. The van der Waals surface area contributed by atoms with Gasteiger partial charge in [-0.15, -0.1) is 0 Å². The van der Waals surface area contributed by atoms with E-state index in [0.29, 0.717) is 6.42 Å². The van der Waals surface area contributed by atoms with Crippen LogP contribution in [-0.4, -0.2) is 27.3 Å². The molecule has 2 heterocycles. The van der Waals surface area contributed by atoms with Crippen molar-refractivity contribution in [3.63, 3.8) is 0 Å². The molecule has 1 aliphatic rings. The van der Waals surface area contributed by atoms with Gasteiger partial charge in [-0.1, -0.05) is 6.92 Å². The van der Waals surface area contributed by atoms with Gasteiger partial charge in [0.2, 0.25) is 11.9 Å². The van der Waals surface area contributed by atoms with E-state index in [-0.39, 0.29) is 17.9 Å². The first-order chi connectivity index (χ1) is 8.72. The summed E-state index contributed by atoms with van der Waals surface area (Å²) in [6.07, 6.45) is 6.32. The maximum absolute atomic E-state index is 12.1. The zero-order valence-electron chi connectivity index (χ0n) is 10.8. The zero-order chi connectivity index (χ0) is 13.0. The number of nitrogen functional groups attached to an aromatic ring is 1. The largest absolute Gasteiger partial charge is 0.368 e. The zero-order valence-corrected chi connectivity index (χ0v) is 10.8. The summed E-state index contributed by atoms with van der Waals surface area (Å²) in [5.41, 5.74) is 6.49. The summed E-state index contributed by atoms with van der Waals surface area (Å²) in [5.74, 6) is 0.500. The average molecular weight is 248 g/mol. The fraction of sp³-hybridized carbons (Fsp3) is 0.615. The van der Waals surface area contributed by atoms with Gasteiger partial charge in [-0.25, -0.2) is 9.97 Å². The first-order valence-electron chi connectivity index (χ1n) is 6.60. The van der Waals surface area contributed by atoms with Crippen LogP contribution >= 0.6 is 0 Å². The van der Waals surface area contributed by atoms with E-state index in [9.17, 15) is 4.79 Å². The highest BCUT2D eigenvalue weighted by Crippen LogP contribution is 2.30. The smallest absolute Gasteiger partial charge is 0.223 e. The first-order valence-corrected chi connectivity index (χ1v) is 6.60. The first kappa shape index (κ1) is 12.8. The molecule has 5 heteroatoms. The molecule has 0 bridgehead atoms. The molecule has 0 aliphatic carbocycles. The van der Waals surface area contributed by atoms with Crippen LogP contribution in [0.4, 0.5) is 5.95 Å². The van der Waals surface area contributed by atoms with Crippen molar-refractivity contribution in [2.75, 3.05) is 12.3 Å². The van der Waals surface area contributed by atoms with Crippen LogP contribution < -0.4 is 5.73 Å². The van der Waals surface area contributed by atoms with E-state index in [0.717, 1.165) is 37.9 Å². The molecular weight excluding hydrogens is 228 g/mol. The fourth-order valence-corrected chi connectivity index (χ4v) is 2.47. The topological polar surface area (TPSA) is 72.1 Å². The van der Waals surface area contributed by atoms with E-state index in [2.05, 4.69) is 9.97 Å². The van der Waals surface area contributed by atoms with Gasteiger partial charge < -0.3 is 10.6 Å². The van der Waals surface area contributed by atoms with Crippen molar-refractivity contribution >= 4 is 11.9 Å². The molecule has 1 aromatic heterocycles. The fourth-order valence-electron chi connectivity index (χ4n) is 2.47. The molecule has 98 valence electrons. The second-order valence-corrected chi connectivity index (χ2v) is 4.69. The van der Waals surface area contributed by atoms with Crippen molar-refractivity contribution in [3.8, 4) is 0 Å². The molecular formula is C13H20N4O. The lowest BCUT2D eigenvalue weighted by molar-refractivity contribution is -0.135. The van der Waals surface area contributed by atoms with E-state index < -0.39 is 0 Å². The van der Waals surface area contributed by atoms with Crippen molar-refractivity contribution in [3.05, 3.63) is 18.0 Å². The summed E-state index contributed by atoms with van der Waals surface area (Å²) >= 11 is 0. The minimum absolute atomic E-state index is 0.0723. The van der Waals surface area contributed by atoms with Crippen LogP contribution in [0.1, 0.15) is 50.8 Å². The number of hydrogen-bond donors (Lipinski definition) is 1. The Morgan fingerprint density at radius 3 is 3.11 bits per heavy atom. The number of nitrogens with zero attached hydrogens (tertiary/aromatic N) is 3. The Morgan fingerprint density at radius 1 is 1.56 bits per heavy atom. The third-order valence-electron chi connectivity index (χ3n) is 3.32. The number of nitrogens with two attached hydrogens (primary N) is 1. The van der Waals surface area contributed by atoms with Gasteiger partial charge in [-0.2, -0.15) is 0 Å². The molecule has 0 saturated carbocycles. The average Bonchev–Trinajstić information content (AvgIpc) is 2.39. The van der Waals surface area contributed by atoms with Gasteiger partial charge in [0.05, 0.1) is 11.7 Å². The Labute approximate surface area is 107 Å². The predicted octanol–water partition coefficient (Wildman–Crippen LogP) is 1.91. The molecule has 0 radical (unpaired) electrons. The Bertz CT molecular complexity index is 421. The van der Waals surface area contributed by atoms with Gasteiger partial charge in [0.15, 0.2) is 0 Å². The molecule has 1 amide bonds. The minimum Gasteiger partial charge on any atom is -0.368 e. The highest BCUT2D eigenvalue weighted by atomic mass is 16.2. The van der Waals surface area contributed by atoms with Crippen LogP contribution in [0, 0.1) is 0 Å². The quantitative estimate of drug-likeness (QED) is 0.887. The van der Waals surface area contributed by atoms with Gasteiger partial charge >= 0.3 is 0 Å². The van der Waals surface area contributed by atoms with E-state index >= 15 is 0 Å². The summed E-state index contributed by atoms with van der Waals surface area (Å²) < 4.78 is 0. The number of likely N-dealkylation sites (tertiary alicyclic amines) is 1. The summed E-state index contributed by atoms with van der Waals surface area (Å²) in [4.78, 5) is 22.2. The number of carbonyl (C=O) groups excluding carboxylic acids is 1. The van der Waals surface area contributed by atoms with E-state index in [1.165, 1.54) is 0 Å². The van der Waals surface area contributed by atoms with Crippen LogP contribution in [0.3, 0.4) is 0 Å². The van der Waals surface area contributed by atoms with Gasteiger partial charge in [-0.05, 0) is 31.7 Å². The lowest BCUT2D eigenvalue weighted by atomic mass is 9.98. The van der Waals surface area contributed by atoms with Crippen LogP contribution in [0.15, 0.2) is 12.3 Å². The molecule has 5 nitrogen and oxygen atoms in total. The Morgan fingerprint density at radius 2 is 2.39 bits per heavy atom. The third kappa shape index (κ3) is 2.78. The number of aromatic nitrogens is 2. The van der Waals surface area contributed by atoms with Crippen molar-refractivity contribution < 1.29 is 4.79 Å². The molecule has 18 heavy (non-hydrogen) atoms. The van der Waals surface area contributed by atoms with Crippen molar-refractivity contribution in [2.45, 2.75) is 45.1 Å². The number of piperidine rings is 1. The second kappa shape index (κ2) is 5.80. The molecule has 1 atom stereocenters. The number of amides is 1. The van der Waals surface area contributed by atoms with Crippen molar-refractivity contribution in [1.82, 2.24) is 14.9 Å². The highest BCUT2D eigenvalue weighted by molar-refractivity contribution is 5.76. The summed E-state index contributed by atoms with van der Waals surface area (Å²) in [5, 5.41) is 0. The van der Waals surface area contributed by atoms with E-state index in [1.807, 2.05) is 17.9 Å². The monoisotopic (exact) mass is 248 g/mol. The molecule has 2 rings (SSSR count). The molecule has 1 aromatic rings. The second-order valence-electron chi connectivity index (χ2n) is 4.69. The van der Waals surface area contributed by atoms with Gasteiger partial charge in [0, 0.05) is 19.2 Å². The van der Waals surface area contributed by atoms with Crippen LogP contribution in [0.25, 0.3) is 0 Å². The molecule has 2 N–H and O–H groups in total. The number of anilines is 1. The molecule has 1 fully saturated rings. The number of hydrogen-bond acceptors (Lipinski definition) is 4. The maximum Gasteiger partial charge on any atom is 0.223 e. The minimum atomic E-state index is 0.0723. The van der Waals surface area contributed by atoms with Gasteiger partial charge in [-0.3, -0.25) is 4.79 Å². The SMILES string of the molecule is CCCC(=O)N1CCCC[C@H]1c1ccnc(N)n1. The Balaban J connectivity index is 2.20. The third-order valence-corrected chi connectivity index (χ3v) is 3.32.